The van der Waals surface area contributed by atoms with Gasteiger partial charge < -0.3 is 10.1 Å². The summed E-state index contributed by atoms with van der Waals surface area (Å²) in [7, 11) is 0. The molecule has 0 amide bonds. The zero-order chi connectivity index (χ0) is 15.3. The van der Waals surface area contributed by atoms with E-state index in [0.717, 1.165) is 16.2 Å². The number of nitrogens with one attached hydrogen (secondary N) is 1. The first-order valence-electron chi connectivity index (χ1n) is 7.44. The third kappa shape index (κ3) is 1.88. The molecule has 1 aromatic heterocycles. The van der Waals surface area contributed by atoms with Gasteiger partial charge in [-0.2, -0.15) is 0 Å². The van der Waals surface area contributed by atoms with Gasteiger partial charge in [0, 0.05) is 17.0 Å². The molecule has 0 bridgehead atoms. The molecule has 0 aliphatic rings. The van der Waals surface area contributed by atoms with Crippen LogP contribution in [0.4, 0.5) is 0 Å². The van der Waals surface area contributed by atoms with Gasteiger partial charge in [-0.25, -0.2) is 0 Å². The lowest BCUT2D eigenvalue weighted by molar-refractivity contribution is 0.462. The summed E-state index contributed by atoms with van der Waals surface area (Å²) in [6.45, 7) is 4.20. The van der Waals surface area contributed by atoms with Crippen LogP contribution in [0.5, 0.6) is 5.88 Å². The monoisotopic (exact) mass is 287 g/mol. The molecule has 4 aromatic rings. The van der Waals surface area contributed by atoms with Gasteiger partial charge in [0.05, 0.1) is 0 Å². The second-order valence-corrected chi connectivity index (χ2v) is 5.94. The van der Waals surface area contributed by atoms with Crippen LogP contribution in [0, 0.1) is 13.8 Å². The summed E-state index contributed by atoms with van der Waals surface area (Å²) in [6.07, 6.45) is 1.89. The molecule has 22 heavy (non-hydrogen) atoms. The molecule has 0 atom stereocenters. The van der Waals surface area contributed by atoms with E-state index in [2.05, 4.69) is 61.3 Å². The molecule has 0 aliphatic carbocycles. The van der Waals surface area contributed by atoms with Crippen molar-refractivity contribution in [3.8, 4) is 17.0 Å². The number of aromatic hydroxyl groups is 1. The molecule has 3 aromatic carbocycles. The lowest BCUT2D eigenvalue weighted by Crippen LogP contribution is -1.85. The number of fused-ring (bicyclic) bond motifs is 2. The average Bonchev–Trinajstić information content (AvgIpc) is 2.87. The van der Waals surface area contributed by atoms with Crippen molar-refractivity contribution in [3.05, 3.63) is 65.9 Å². The maximum Gasteiger partial charge on any atom is 0.196 e. The Morgan fingerprint density at radius 3 is 2.27 bits per heavy atom. The Morgan fingerprint density at radius 1 is 0.773 bits per heavy atom. The first-order chi connectivity index (χ1) is 10.6. The molecule has 2 nitrogen and oxygen atoms in total. The van der Waals surface area contributed by atoms with Crippen molar-refractivity contribution in [2.45, 2.75) is 13.8 Å². The number of aryl methyl sites for hydroxylation is 2. The fourth-order valence-corrected chi connectivity index (χ4v) is 3.12. The maximum absolute atomic E-state index is 10.1. The third-order valence-electron chi connectivity index (χ3n) is 4.29. The molecule has 2 heteroatoms. The summed E-state index contributed by atoms with van der Waals surface area (Å²) < 4.78 is 0. The Kier molecular flexibility index (Phi) is 2.73. The minimum atomic E-state index is 0.228. The Hall–Kier alpha value is -2.74. The number of aromatic amines is 1. The van der Waals surface area contributed by atoms with Gasteiger partial charge in [0.25, 0.3) is 0 Å². The van der Waals surface area contributed by atoms with E-state index in [1.807, 2.05) is 12.3 Å². The minimum absolute atomic E-state index is 0.228. The van der Waals surface area contributed by atoms with Crippen molar-refractivity contribution in [2.24, 2.45) is 0 Å². The quantitative estimate of drug-likeness (QED) is 0.489. The van der Waals surface area contributed by atoms with E-state index in [0.29, 0.717) is 0 Å². The number of hydrogen-bond donors (Lipinski definition) is 2. The van der Waals surface area contributed by atoms with Gasteiger partial charge in [0.1, 0.15) is 0 Å². The predicted molar refractivity (Wildman–Crippen MR) is 92.4 cm³/mol. The van der Waals surface area contributed by atoms with Crippen LogP contribution >= 0.6 is 0 Å². The van der Waals surface area contributed by atoms with Gasteiger partial charge in [0.15, 0.2) is 5.88 Å². The number of rotatable bonds is 1. The van der Waals surface area contributed by atoms with E-state index in [9.17, 15) is 5.11 Å². The van der Waals surface area contributed by atoms with Crippen molar-refractivity contribution in [1.82, 2.24) is 4.98 Å². The van der Waals surface area contributed by atoms with Crippen LogP contribution in [-0.4, -0.2) is 10.1 Å². The average molecular weight is 287 g/mol. The van der Waals surface area contributed by atoms with E-state index >= 15 is 0 Å². The maximum atomic E-state index is 10.1. The number of H-pyrrole nitrogens is 1. The third-order valence-corrected chi connectivity index (χ3v) is 4.29. The van der Waals surface area contributed by atoms with Gasteiger partial charge >= 0.3 is 0 Å². The van der Waals surface area contributed by atoms with Gasteiger partial charge in [-0.3, -0.25) is 0 Å². The van der Waals surface area contributed by atoms with Gasteiger partial charge in [-0.1, -0.05) is 53.6 Å². The van der Waals surface area contributed by atoms with Crippen LogP contribution in [0.15, 0.2) is 54.7 Å². The lowest BCUT2D eigenvalue weighted by atomic mass is 9.92. The molecular formula is C20H17NO. The fourth-order valence-electron chi connectivity index (χ4n) is 3.12. The van der Waals surface area contributed by atoms with Crippen molar-refractivity contribution in [3.63, 3.8) is 0 Å². The van der Waals surface area contributed by atoms with Gasteiger partial charge in [0.2, 0.25) is 0 Å². The second-order valence-electron chi connectivity index (χ2n) is 5.94. The predicted octanol–water partition coefficient (Wildman–Crippen LogP) is 5.31. The summed E-state index contributed by atoms with van der Waals surface area (Å²) in [5, 5.41) is 14.4. The Bertz CT molecular complexity index is 994. The Labute approximate surface area is 129 Å². The van der Waals surface area contributed by atoms with Crippen molar-refractivity contribution < 1.29 is 5.11 Å². The first kappa shape index (κ1) is 13.0. The molecule has 108 valence electrons. The summed E-state index contributed by atoms with van der Waals surface area (Å²) in [6, 6.07) is 17.0. The van der Waals surface area contributed by atoms with Gasteiger partial charge in [-0.15, -0.1) is 0 Å². The van der Waals surface area contributed by atoms with E-state index < -0.39 is 0 Å². The van der Waals surface area contributed by atoms with Crippen LogP contribution in [0.1, 0.15) is 11.1 Å². The van der Waals surface area contributed by atoms with Crippen LogP contribution in [0.2, 0.25) is 0 Å². The van der Waals surface area contributed by atoms with E-state index in [-0.39, 0.29) is 5.88 Å². The zero-order valence-electron chi connectivity index (χ0n) is 12.6. The summed E-state index contributed by atoms with van der Waals surface area (Å²) >= 11 is 0. The van der Waals surface area contributed by atoms with Crippen LogP contribution in [0.3, 0.4) is 0 Å². The highest BCUT2D eigenvalue weighted by atomic mass is 16.3. The topological polar surface area (TPSA) is 36.0 Å². The van der Waals surface area contributed by atoms with E-state index in [1.165, 1.54) is 27.6 Å². The summed E-state index contributed by atoms with van der Waals surface area (Å²) in [5.41, 5.74) is 4.83. The second kappa shape index (κ2) is 4.63. The molecule has 1 heterocycles. The lowest BCUT2D eigenvalue weighted by Gasteiger charge is -2.11. The van der Waals surface area contributed by atoms with E-state index in [4.69, 9.17) is 0 Å². The zero-order valence-corrected chi connectivity index (χ0v) is 12.6. The van der Waals surface area contributed by atoms with Crippen LogP contribution < -0.4 is 0 Å². The van der Waals surface area contributed by atoms with Gasteiger partial charge in [-0.05, 0) is 41.8 Å². The van der Waals surface area contributed by atoms with Crippen molar-refractivity contribution >= 4 is 21.5 Å². The smallest absolute Gasteiger partial charge is 0.196 e. The highest BCUT2D eigenvalue weighted by molar-refractivity contribution is 6.14. The number of aromatic nitrogens is 1. The summed E-state index contributed by atoms with van der Waals surface area (Å²) in [4.78, 5) is 2.94. The normalized spacial score (nSPS) is 11.4. The number of hydrogen-bond acceptors (Lipinski definition) is 1. The molecule has 4 rings (SSSR count). The van der Waals surface area contributed by atoms with Crippen molar-refractivity contribution in [1.29, 1.82) is 0 Å². The summed E-state index contributed by atoms with van der Waals surface area (Å²) in [5.74, 6) is 0.228. The molecule has 0 saturated carbocycles. The molecule has 2 N–H and O–H groups in total. The standard InChI is InChI=1S/C20H17NO/c1-12-3-6-14(7-4-12)19-16-9-13(2)5-8-15(16)10-17-18(19)11-21-20(17)22/h3-11,21-22H,1-2H3. The largest absolute Gasteiger partial charge is 0.494 e. The fraction of sp³-hybridized carbons (Fsp3) is 0.100. The molecule has 0 radical (unpaired) electrons. The molecular weight excluding hydrogens is 270 g/mol. The molecule has 0 saturated heterocycles. The SMILES string of the molecule is Cc1ccc(-c2c3cc(C)ccc3cc3c(O)[nH]cc23)cc1. The molecule has 0 aliphatic heterocycles. The number of benzene rings is 3. The minimum Gasteiger partial charge on any atom is -0.494 e. The Balaban J connectivity index is 2.19. The molecule has 0 fully saturated rings. The van der Waals surface area contributed by atoms with Crippen molar-refractivity contribution in [2.75, 3.05) is 0 Å². The van der Waals surface area contributed by atoms with E-state index in [1.54, 1.807) is 0 Å². The highest BCUT2D eigenvalue weighted by Crippen LogP contribution is 2.39. The Morgan fingerprint density at radius 2 is 1.50 bits per heavy atom. The molecule has 0 spiro atoms. The first-order valence-corrected chi connectivity index (χ1v) is 7.44. The van der Waals surface area contributed by atoms with Crippen LogP contribution in [0.25, 0.3) is 32.7 Å². The van der Waals surface area contributed by atoms with Crippen LogP contribution in [-0.2, 0) is 0 Å². The highest BCUT2D eigenvalue weighted by Gasteiger charge is 2.13. The molecule has 0 unspecified atom stereocenters.